The number of amides is 3. The van der Waals surface area contributed by atoms with Gasteiger partial charge in [-0.2, -0.15) is 6.42 Å². The fraction of sp³-hybridized carbons (Fsp3) is 0.826. The maximum Gasteiger partial charge on any atom is 0.303 e. The SMILES string of the molecule is C=C(O)C(CCC(=O)NCCOCCOCCCOCCOCC(=O)NCCC[CH2-])NC.CC.CC.CO.NC=O.O=CCCCCCCCCCCCCCCCCC(=O)O.[Y]. The Labute approximate surface area is 409 Å². The number of carbonyl (C=O) groups excluding carboxylic acids is 4. The number of aliphatic hydroxyl groups is 2. The van der Waals surface area contributed by atoms with Gasteiger partial charge < -0.3 is 67.7 Å². The first kappa shape index (κ1) is 75.3. The summed E-state index contributed by atoms with van der Waals surface area (Å²) < 4.78 is 21.5. The summed E-state index contributed by atoms with van der Waals surface area (Å²) >= 11 is 0. The number of primary amides is 1. The van der Waals surface area contributed by atoms with E-state index in [-0.39, 0.29) is 69.3 Å². The molecule has 0 aromatic heterocycles. The first-order valence-electron chi connectivity index (χ1n) is 23.1. The summed E-state index contributed by atoms with van der Waals surface area (Å²) in [5.74, 6) is -0.853. The zero-order valence-corrected chi connectivity index (χ0v) is 43.6. The van der Waals surface area contributed by atoms with E-state index >= 15 is 0 Å². The number of carboxylic acids is 1. The molecule has 0 rings (SSSR count). The fourth-order valence-corrected chi connectivity index (χ4v) is 5.10. The Hall–Kier alpha value is -2.05. The molecular weight excluding hydrogens is 889 g/mol. The summed E-state index contributed by atoms with van der Waals surface area (Å²) in [4.78, 5) is 52.2. The van der Waals surface area contributed by atoms with E-state index in [0.717, 1.165) is 58.3 Å². The summed E-state index contributed by atoms with van der Waals surface area (Å²) in [6.07, 6.45) is 22.8. The molecule has 0 aromatic rings. The number of aliphatic carboxylic acids is 1. The quantitative estimate of drug-likeness (QED) is 0.0142. The van der Waals surface area contributed by atoms with Gasteiger partial charge in [0.25, 0.3) is 0 Å². The second kappa shape index (κ2) is 74.3. The molecule has 1 unspecified atom stereocenters. The monoisotopic (exact) mass is 985 g/mol. The number of carboxylic acid groups (broad SMARTS) is 1. The molecule has 0 aromatic carbocycles. The van der Waals surface area contributed by atoms with Crippen LogP contribution in [-0.4, -0.2) is 132 Å². The maximum absolute atomic E-state index is 11.7. The minimum absolute atomic E-state index is 0. The van der Waals surface area contributed by atoms with Crippen molar-refractivity contribution in [2.45, 2.75) is 169 Å². The molecule has 8 N–H and O–H groups in total. The average molecular weight is 985 g/mol. The number of hydrogen-bond donors (Lipinski definition) is 7. The van der Waals surface area contributed by atoms with Crippen LogP contribution in [0.3, 0.4) is 0 Å². The number of unbranched alkanes of at least 4 members (excludes halogenated alkanes) is 15. The molecule has 375 valence electrons. The van der Waals surface area contributed by atoms with E-state index in [2.05, 4.69) is 35.2 Å². The van der Waals surface area contributed by atoms with Crippen molar-refractivity contribution < 1.29 is 90.9 Å². The molecular formula is C46H95N4O12Y-. The van der Waals surface area contributed by atoms with E-state index in [1.165, 1.54) is 70.6 Å². The van der Waals surface area contributed by atoms with Crippen LogP contribution in [0.5, 0.6) is 0 Å². The molecule has 0 aliphatic heterocycles. The standard InChI is InChI=1S/C22H42N3O7.C18H34O3.2C2H6.CH3NO.CH4O.Y/c1-4-5-9-24-22(28)18-32-17-16-30-12-6-11-29-14-15-31-13-10-25-21(27)8-7-20(23-3)19(2)26;19-17-15-13-11-9-7-5-3-1-2-4-6-8-10-12-14-16-18(20)21;2*1-2;2-1-3;1-2;/h20,23,26H,1-2,4-18H2,3H3,(H,24,28)(H,25,27);17H,1-16H2,(H,20,21);2*1-2H3;1H,(H2,2,3);2H,1H3;/q-1;;;;;;. The smallest absolute Gasteiger partial charge is 0.303 e. The van der Waals surface area contributed by atoms with Crippen LogP contribution >= 0.6 is 0 Å². The Kier molecular flexibility index (Phi) is 88.8. The molecule has 0 fully saturated rings. The third-order valence-corrected chi connectivity index (χ3v) is 8.25. The van der Waals surface area contributed by atoms with Gasteiger partial charge >= 0.3 is 5.97 Å². The topological polar surface area (TPSA) is 245 Å². The van der Waals surface area contributed by atoms with Gasteiger partial charge in [-0.15, -0.1) is 0 Å². The van der Waals surface area contributed by atoms with E-state index in [1.54, 1.807) is 7.05 Å². The van der Waals surface area contributed by atoms with E-state index in [1.807, 2.05) is 27.7 Å². The normalized spacial score (nSPS) is 10.0. The van der Waals surface area contributed by atoms with Gasteiger partial charge in [0.2, 0.25) is 18.2 Å². The molecule has 0 aliphatic carbocycles. The predicted molar refractivity (Wildman–Crippen MR) is 251 cm³/mol. The number of carbonyl (C=O) groups is 5. The van der Waals surface area contributed by atoms with Crippen molar-refractivity contribution in [3.63, 3.8) is 0 Å². The van der Waals surface area contributed by atoms with Crippen LogP contribution in [0.15, 0.2) is 12.3 Å². The number of ether oxygens (including phenoxy) is 4. The molecule has 3 amide bonds. The summed E-state index contributed by atoms with van der Waals surface area (Å²) in [5.41, 5.74) is 4.17. The van der Waals surface area contributed by atoms with Crippen LogP contribution in [0, 0.1) is 6.92 Å². The molecule has 17 heteroatoms. The van der Waals surface area contributed by atoms with Gasteiger partial charge in [0, 0.05) is 85.4 Å². The fourth-order valence-electron chi connectivity index (χ4n) is 5.10. The number of aldehydes is 1. The zero-order chi connectivity index (χ0) is 48.2. The zero-order valence-electron chi connectivity index (χ0n) is 40.7. The van der Waals surface area contributed by atoms with Crippen molar-refractivity contribution in [2.75, 3.05) is 80.1 Å². The van der Waals surface area contributed by atoms with Crippen LogP contribution in [0.25, 0.3) is 0 Å². The average Bonchev–Trinajstić information content (AvgIpc) is 3.27. The molecule has 1 radical (unpaired) electrons. The van der Waals surface area contributed by atoms with E-state index in [9.17, 15) is 24.3 Å². The van der Waals surface area contributed by atoms with Gasteiger partial charge in [-0.25, -0.2) is 0 Å². The molecule has 0 bridgehead atoms. The maximum atomic E-state index is 11.7. The first-order chi connectivity index (χ1) is 30.2. The van der Waals surface area contributed by atoms with Crippen molar-refractivity contribution in [1.29, 1.82) is 0 Å². The van der Waals surface area contributed by atoms with Gasteiger partial charge in [0.05, 0.1) is 39.1 Å². The van der Waals surface area contributed by atoms with E-state index in [4.69, 9.17) is 34.0 Å². The molecule has 63 heavy (non-hydrogen) atoms. The van der Waals surface area contributed by atoms with Gasteiger partial charge in [-0.3, -0.25) is 19.2 Å². The van der Waals surface area contributed by atoms with Crippen LogP contribution in [0.4, 0.5) is 0 Å². The van der Waals surface area contributed by atoms with Crippen molar-refractivity contribution in [3.05, 3.63) is 19.3 Å². The third-order valence-electron chi connectivity index (χ3n) is 8.25. The summed E-state index contributed by atoms with van der Waals surface area (Å²) in [5, 5.41) is 33.2. The summed E-state index contributed by atoms with van der Waals surface area (Å²) in [7, 11) is 2.71. The number of nitrogens with one attached hydrogen (secondary N) is 3. The van der Waals surface area contributed by atoms with Crippen LogP contribution < -0.4 is 21.7 Å². The number of likely N-dealkylation sites (N-methyl/N-ethyl adjacent to an activating group) is 1. The Morgan fingerprint density at radius 3 is 1.44 bits per heavy atom. The molecule has 0 saturated heterocycles. The number of hydrogen-bond acceptors (Lipinski definition) is 12. The molecule has 16 nitrogen and oxygen atoms in total. The summed E-state index contributed by atoms with van der Waals surface area (Å²) in [6.45, 7) is 19.6. The Balaban J connectivity index is -0.000000175. The van der Waals surface area contributed by atoms with E-state index in [0.29, 0.717) is 78.6 Å². The second-order valence-electron chi connectivity index (χ2n) is 13.2. The molecule has 0 saturated carbocycles. The van der Waals surface area contributed by atoms with E-state index < -0.39 is 5.97 Å². The van der Waals surface area contributed by atoms with Gasteiger partial charge in [0.1, 0.15) is 18.7 Å². The van der Waals surface area contributed by atoms with Crippen LogP contribution in [-0.2, 0) is 75.6 Å². The number of aliphatic hydroxyl groups excluding tert-OH is 2. The van der Waals surface area contributed by atoms with Crippen molar-refractivity contribution in [2.24, 2.45) is 5.73 Å². The molecule has 1 atom stereocenters. The number of nitrogens with two attached hydrogens (primary N) is 1. The van der Waals surface area contributed by atoms with Crippen molar-refractivity contribution in [3.8, 4) is 0 Å². The third kappa shape index (κ3) is 80.7. The number of rotatable bonds is 40. The summed E-state index contributed by atoms with van der Waals surface area (Å²) in [6, 6.07) is -0.278. The van der Waals surface area contributed by atoms with Crippen LogP contribution in [0.2, 0.25) is 0 Å². The molecule has 0 aliphatic rings. The largest absolute Gasteiger partial charge is 0.511 e. The Bertz CT molecular complexity index is 925. The molecule has 0 spiro atoms. The Morgan fingerprint density at radius 1 is 0.619 bits per heavy atom. The predicted octanol–water partition coefficient (Wildman–Crippen LogP) is 7.00. The minimum atomic E-state index is -0.668. The van der Waals surface area contributed by atoms with Gasteiger partial charge in [-0.1, -0.05) is 118 Å². The second-order valence-corrected chi connectivity index (χ2v) is 13.2. The van der Waals surface area contributed by atoms with Gasteiger partial charge in [-0.05, 0) is 32.7 Å². The van der Waals surface area contributed by atoms with Crippen LogP contribution in [0.1, 0.15) is 163 Å². The molecule has 0 heterocycles. The van der Waals surface area contributed by atoms with Crippen molar-refractivity contribution >= 4 is 30.5 Å². The first-order valence-corrected chi connectivity index (χ1v) is 23.1. The minimum Gasteiger partial charge on any atom is -0.511 e. The van der Waals surface area contributed by atoms with Crippen molar-refractivity contribution in [1.82, 2.24) is 16.0 Å². The van der Waals surface area contributed by atoms with Gasteiger partial charge in [0.15, 0.2) is 0 Å². The Morgan fingerprint density at radius 2 is 1.03 bits per heavy atom.